The molecule has 2 saturated carbocycles. The number of nitrogens with one attached hydrogen (secondary N) is 1. The summed E-state index contributed by atoms with van der Waals surface area (Å²) in [6.45, 7) is 4.81. The van der Waals surface area contributed by atoms with Crippen LogP contribution in [0.15, 0.2) is 0 Å². The molecule has 1 heteroatoms. The maximum Gasteiger partial charge on any atom is 0.0155 e. The molecule has 76 valence electrons. The van der Waals surface area contributed by atoms with E-state index in [0.717, 1.165) is 12.0 Å². The van der Waals surface area contributed by atoms with E-state index in [2.05, 4.69) is 19.2 Å². The Hall–Kier alpha value is -0.0400. The highest BCUT2D eigenvalue weighted by Gasteiger charge is 2.34. The van der Waals surface area contributed by atoms with Gasteiger partial charge in [-0.25, -0.2) is 0 Å². The van der Waals surface area contributed by atoms with Crippen LogP contribution in [-0.4, -0.2) is 11.6 Å². The molecule has 0 bridgehead atoms. The first-order valence-electron chi connectivity index (χ1n) is 5.96. The van der Waals surface area contributed by atoms with Gasteiger partial charge in [0.2, 0.25) is 0 Å². The minimum absolute atomic E-state index is 0.404. The first kappa shape index (κ1) is 9.51. The minimum atomic E-state index is 0.404. The summed E-state index contributed by atoms with van der Waals surface area (Å²) in [6.07, 6.45) is 10.1. The maximum atomic E-state index is 3.83. The van der Waals surface area contributed by atoms with Gasteiger partial charge in [0.05, 0.1) is 0 Å². The smallest absolute Gasteiger partial charge is 0.0155 e. The number of rotatable bonds is 3. The average Bonchev–Trinajstić information content (AvgIpc) is 2.49. The Morgan fingerprint density at radius 3 is 2.00 bits per heavy atom. The van der Waals surface area contributed by atoms with Crippen LogP contribution in [0.5, 0.6) is 0 Å². The van der Waals surface area contributed by atoms with Crippen molar-refractivity contribution in [3.8, 4) is 0 Å². The normalized spacial score (nSPS) is 26.3. The second-order valence-electron chi connectivity index (χ2n) is 5.48. The van der Waals surface area contributed by atoms with Crippen molar-refractivity contribution < 1.29 is 0 Å². The van der Waals surface area contributed by atoms with Gasteiger partial charge in [0.15, 0.2) is 0 Å². The van der Waals surface area contributed by atoms with Gasteiger partial charge in [0, 0.05) is 11.6 Å². The van der Waals surface area contributed by atoms with Crippen LogP contribution in [-0.2, 0) is 0 Å². The predicted octanol–water partition coefficient (Wildman–Crippen LogP) is 3.10. The Morgan fingerprint density at radius 1 is 0.923 bits per heavy atom. The van der Waals surface area contributed by atoms with Gasteiger partial charge in [-0.05, 0) is 45.4 Å². The highest BCUT2D eigenvalue weighted by atomic mass is 15.0. The van der Waals surface area contributed by atoms with Crippen molar-refractivity contribution in [1.29, 1.82) is 0 Å². The Bertz CT molecular complexity index is 164. The van der Waals surface area contributed by atoms with Gasteiger partial charge in [-0.1, -0.05) is 19.3 Å². The molecule has 0 atom stereocenters. The van der Waals surface area contributed by atoms with Gasteiger partial charge in [-0.3, -0.25) is 0 Å². The first-order chi connectivity index (χ1) is 6.18. The van der Waals surface area contributed by atoms with E-state index < -0.39 is 0 Å². The highest BCUT2D eigenvalue weighted by molar-refractivity contribution is 4.93. The molecule has 0 aromatic carbocycles. The van der Waals surface area contributed by atoms with E-state index in [0.29, 0.717) is 5.54 Å². The lowest BCUT2D eigenvalue weighted by atomic mass is 9.82. The molecule has 0 spiro atoms. The van der Waals surface area contributed by atoms with Crippen LogP contribution < -0.4 is 5.32 Å². The minimum Gasteiger partial charge on any atom is -0.309 e. The van der Waals surface area contributed by atoms with E-state index in [-0.39, 0.29) is 0 Å². The van der Waals surface area contributed by atoms with Crippen molar-refractivity contribution in [2.75, 3.05) is 0 Å². The van der Waals surface area contributed by atoms with Gasteiger partial charge >= 0.3 is 0 Å². The quantitative estimate of drug-likeness (QED) is 0.705. The molecular formula is C12H23N. The van der Waals surface area contributed by atoms with Crippen LogP contribution in [0.4, 0.5) is 0 Å². The SMILES string of the molecule is CC(C)(NC1CCC1)C1CCCC1. The fourth-order valence-corrected chi connectivity index (χ4v) is 2.84. The summed E-state index contributed by atoms with van der Waals surface area (Å²) in [5.74, 6) is 0.938. The van der Waals surface area contributed by atoms with E-state index in [1.165, 1.54) is 44.9 Å². The Kier molecular flexibility index (Phi) is 2.64. The molecule has 0 heterocycles. The summed E-state index contributed by atoms with van der Waals surface area (Å²) >= 11 is 0. The van der Waals surface area contributed by atoms with Gasteiger partial charge < -0.3 is 5.32 Å². The number of hydrogen-bond donors (Lipinski definition) is 1. The zero-order valence-electron chi connectivity index (χ0n) is 9.10. The summed E-state index contributed by atoms with van der Waals surface area (Å²) in [6, 6.07) is 0.843. The first-order valence-corrected chi connectivity index (χ1v) is 5.96. The van der Waals surface area contributed by atoms with Crippen LogP contribution >= 0.6 is 0 Å². The summed E-state index contributed by atoms with van der Waals surface area (Å²) in [4.78, 5) is 0. The van der Waals surface area contributed by atoms with E-state index in [1.807, 2.05) is 0 Å². The summed E-state index contributed by atoms with van der Waals surface area (Å²) in [7, 11) is 0. The third kappa shape index (κ3) is 2.07. The zero-order valence-corrected chi connectivity index (χ0v) is 9.10. The van der Waals surface area contributed by atoms with Crippen molar-refractivity contribution in [3.63, 3.8) is 0 Å². The molecular weight excluding hydrogens is 158 g/mol. The molecule has 0 aromatic heterocycles. The molecule has 1 N–H and O–H groups in total. The third-order valence-corrected chi connectivity index (χ3v) is 4.06. The van der Waals surface area contributed by atoms with Crippen molar-refractivity contribution >= 4 is 0 Å². The molecule has 2 aliphatic rings. The molecule has 0 aliphatic heterocycles. The predicted molar refractivity (Wildman–Crippen MR) is 56.8 cm³/mol. The van der Waals surface area contributed by atoms with Gasteiger partial charge in [-0.15, -0.1) is 0 Å². The van der Waals surface area contributed by atoms with Crippen LogP contribution in [0.25, 0.3) is 0 Å². The van der Waals surface area contributed by atoms with Crippen LogP contribution in [0.2, 0.25) is 0 Å². The Balaban J connectivity index is 1.85. The summed E-state index contributed by atoms with van der Waals surface area (Å²) in [5.41, 5.74) is 0.404. The fourth-order valence-electron chi connectivity index (χ4n) is 2.84. The molecule has 0 amide bonds. The Labute approximate surface area is 82.3 Å². The summed E-state index contributed by atoms with van der Waals surface area (Å²) in [5, 5.41) is 3.83. The van der Waals surface area contributed by atoms with Crippen LogP contribution in [0, 0.1) is 5.92 Å². The van der Waals surface area contributed by atoms with Crippen molar-refractivity contribution in [2.45, 2.75) is 70.4 Å². The topological polar surface area (TPSA) is 12.0 Å². The second-order valence-corrected chi connectivity index (χ2v) is 5.48. The van der Waals surface area contributed by atoms with E-state index in [1.54, 1.807) is 0 Å². The number of hydrogen-bond acceptors (Lipinski definition) is 1. The lowest BCUT2D eigenvalue weighted by molar-refractivity contribution is 0.188. The van der Waals surface area contributed by atoms with Crippen molar-refractivity contribution in [2.24, 2.45) is 5.92 Å². The third-order valence-electron chi connectivity index (χ3n) is 4.06. The lowest BCUT2D eigenvalue weighted by Crippen LogP contribution is -2.52. The molecule has 0 aromatic rings. The average molecular weight is 181 g/mol. The van der Waals surface area contributed by atoms with E-state index in [9.17, 15) is 0 Å². The molecule has 0 saturated heterocycles. The van der Waals surface area contributed by atoms with E-state index in [4.69, 9.17) is 0 Å². The maximum absolute atomic E-state index is 3.83. The van der Waals surface area contributed by atoms with Crippen LogP contribution in [0.1, 0.15) is 58.8 Å². The molecule has 2 rings (SSSR count). The zero-order chi connectivity index (χ0) is 9.31. The molecule has 0 unspecified atom stereocenters. The van der Waals surface area contributed by atoms with Gasteiger partial charge in [0.1, 0.15) is 0 Å². The van der Waals surface area contributed by atoms with Crippen molar-refractivity contribution in [3.05, 3.63) is 0 Å². The van der Waals surface area contributed by atoms with Crippen LogP contribution in [0.3, 0.4) is 0 Å². The monoisotopic (exact) mass is 181 g/mol. The molecule has 2 aliphatic carbocycles. The van der Waals surface area contributed by atoms with Gasteiger partial charge in [0.25, 0.3) is 0 Å². The Morgan fingerprint density at radius 2 is 1.54 bits per heavy atom. The van der Waals surface area contributed by atoms with Gasteiger partial charge in [-0.2, -0.15) is 0 Å². The molecule has 13 heavy (non-hydrogen) atoms. The standard InChI is InChI=1S/C12H23N/c1-12(2,10-6-3-4-7-10)13-11-8-5-9-11/h10-11,13H,3-9H2,1-2H3. The molecule has 0 radical (unpaired) electrons. The van der Waals surface area contributed by atoms with Crippen molar-refractivity contribution in [1.82, 2.24) is 5.32 Å². The fraction of sp³-hybridized carbons (Fsp3) is 1.00. The highest BCUT2D eigenvalue weighted by Crippen LogP contribution is 2.35. The lowest BCUT2D eigenvalue weighted by Gasteiger charge is -2.40. The summed E-state index contributed by atoms with van der Waals surface area (Å²) < 4.78 is 0. The molecule has 2 fully saturated rings. The second kappa shape index (κ2) is 3.61. The van der Waals surface area contributed by atoms with E-state index >= 15 is 0 Å². The largest absolute Gasteiger partial charge is 0.309 e. The molecule has 1 nitrogen and oxygen atoms in total.